The molecule has 0 saturated heterocycles. The van der Waals surface area contributed by atoms with E-state index in [0.717, 1.165) is 4.70 Å². The van der Waals surface area contributed by atoms with E-state index in [2.05, 4.69) is 10.5 Å². The van der Waals surface area contributed by atoms with Crippen molar-refractivity contribution in [2.45, 2.75) is 6.92 Å². The molecule has 4 aromatic rings. The number of non-ortho nitro benzene ring substituents is 2. The van der Waals surface area contributed by atoms with Gasteiger partial charge in [-0.15, -0.1) is 11.3 Å². The van der Waals surface area contributed by atoms with Gasteiger partial charge in [0.15, 0.2) is 0 Å². The van der Waals surface area contributed by atoms with Gasteiger partial charge in [0.2, 0.25) is 0 Å². The Balaban J connectivity index is 1.45. The molecule has 32 heavy (non-hydrogen) atoms. The zero-order valence-electron chi connectivity index (χ0n) is 16.5. The molecule has 11 heteroatoms. The first-order chi connectivity index (χ1) is 15.3. The largest absolute Gasteiger partial charge is 0.455 e. The maximum Gasteiger partial charge on any atom is 0.281 e. The van der Waals surface area contributed by atoms with Crippen molar-refractivity contribution in [1.82, 2.24) is 5.43 Å². The number of rotatable bonds is 6. The number of carbonyl (C=O) groups is 1. The van der Waals surface area contributed by atoms with Gasteiger partial charge in [-0.3, -0.25) is 25.0 Å². The number of hydrogen-bond donors (Lipinski definition) is 1. The Morgan fingerprint density at radius 2 is 1.75 bits per heavy atom. The minimum atomic E-state index is -0.489. The number of hydrogen-bond acceptors (Lipinski definition) is 8. The number of nitrogens with one attached hydrogen (secondary N) is 1. The summed E-state index contributed by atoms with van der Waals surface area (Å²) in [5, 5.41) is 26.3. The Labute approximate surface area is 184 Å². The number of fused-ring (bicyclic) bond motifs is 1. The average Bonchev–Trinajstić information content (AvgIpc) is 3.40. The van der Waals surface area contributed by atoms with Crippen LogP contribution in [0.25, 0.3) is 21.4 Å². The number of nitrogens with zero attached hydrogens (tertiary/aromatic N) is 3. The van der Waals surface area contributed by atoms with Gasteiger partial charge in [-0.1, -0.05) is 0 Å². The number of nitro groups is 2. The van der Waals surface area contributed by atoms with E-state index < -0.39 is 15.8 Å². The van der Waals surface area contributed by atoms with Crippen LogP contribution in [0.4, 0.5) is 11.4 Å². The minimum absolute atomic E-state index is 0.00172. The fourth-order valence-electron chi connectivity index (χ4n) is 3.07. The van der Waals surface area contributed by atoms with E-state index in [1.54, 1.807) is 37.3 Å². The maximum atomic E-state index is 12.3. The third kappa shape index (κ3) is 4.23. The summed E-state index contributed by atoms with van der Waals surface area (Å²) in [7, 11) is 0. The van der Waals surface area contributed by atoms with Crippen molar-refractivity contribution in [3.8, 4) is 11.3 Å². The lowest BCUT2D eigenvalue weighted by Crippen LogP contribution is -2.15. The first-order valence-electron chi connectivity index (χ1n) is 9.18. The fraction of sp³-hybridized carbons (Fsp3) is 0.0476. The molecule has 4 rings (SSSR count). The molecule has 0 aliphatic carbocycles. The Hall–Kier alpha value is -4.38. The van der Waals surface area contributed by atoms with Gasteiger partial charge < -0.3 is 4.42 Å². The van der Waals surface area contributed by atoms with E-state index >= 15 is 0 Å². The van der Waals surface area contributed by atoms with E-state index in [4.69, 9.17) is 4.42 Å². The highest BCUT2D eigenvalue weighted by Crippen LogP contribution is 2.29. The lowest BCUT2D eigenvalue weighted by Gasteiger charge is -2.02. The maximum absolute atomic E-state index is 12.3. The molecule has 2 aromatic heterocycles. The summed E-state index contributed by atoms with van der Waals surface area (Å²) >= 11 is 1.20. The highest BCUT2D eigenvalue weighted by atomic mass is 32.1. The van der Waals surface area contributed by atoms with Crippen LogP contribution in [0.1, 0.15) is 21.0 Å². The summed E-state index contributed by atoms with van der Waals surface area (Å²) in [4.78, 5) is 33.5. The van der Waals surface area contributed by atoms with Gasteiger partial charge in [0.25, 0.3) is 17.3 Å². The van der Waals surface area contributed by atoms with Crippen LogP contribution in [0.5, 0.6) is 0 Å². The van der Waals surface area contributed by atoms with Crippen LogP contribution in [0.2, 0.25) is 0 Å². The van der Waals surface area contributed by atoms with Crippen LogP contribution in [0, 0.1) is 27.2 Å². The summed E-state index contributed by atoms with van der Waals surface area (Å²) < 4.78 is 6.44. The van der Waals surface area contributed by atoms with Crippen LogP contribution in [0.3, 0.4) is 0 Å². The van der Waals surface area contributed by atoms with Crippen LogP contribution < -0.4 is 5.43 Å². The first kappa shape index (κ1) is 20.9. The Kier molecular flexibility index (Phi) is 5.48. The van der Waals surface area contributed by atoms with Gasteiger partial charge in [0.05, 0.1) is 20.9 Å². The molecule has 1 amide bonds. The Morgan fingerprint density at radius 1 is 1.03 bits per heavy atom. The summed E-state index contributed by atoms with van der Waals surface area (Å²) in [6.45, 7) is 1.75. The predicted octanol–water partition coefficient (Wildman–Crippen LogP) is 5.05. The number of nitro benzene ring substituents is 2. The molecule has 0 radical (unpaired) electrons. The van der Waals surface area contributed by atoms with Gasteiger partial charge >= 0.3 is 0 Å². The summed E-state index contributed by atoms with van der Waals surface area (Å²) in [5.41, 5.74) is 3.75. The van der Waals surface area contributed by atoms with Gasteiger partial charge in [0.1, 0.15) is 11.5 Å². The third-order valence-electron chi connectivity index (χ3n) is 4.61. The molecule has 0 aliphatic rings. The molecule has 0 atom stereocenters. The zero-order valence-corrected chi connectivity index (χ0v) is 17.3. The molecule has 160 valence electrons. The van der Waals surface area contributed by atoms with Crippen LogP contribution in [-0.2, 0) is 0 Å². The molecular formula is C21H14N4O6S. The predicted molar refractivity (Wildman–Crippen MR) is 119 cm³/mol. The molecule has 0 fully saturated rings. The number of amides is 1. The Morgan fingerprint density at radius 3 is 2.47 bits per heavy atom. The molecule has 2 aromatic carbocycles. The molecule has 10 nitrogen and oxygen atoms in total. The smallest absolute Gasteiger partial charge is 0.281 e. The lowest BCUT2D eigenvalue weighted by molar-refractivity contribution is -0.385. The molecule has 2 heterocycles. The van der Waals surface area contributed by atoms with Crippen molar-refractivity contribution in [3.05, 3.63) is 91.0 Å². The number of thiophene rings is 1. The van der Waals surface area contributed by atoms with E-state index in [0.29, 0.717) is 32.9 Å². The highest BCUT2D eigenvalue weighted by molar-refractivity contribution is 7.20. The minimum Gasteiger partial charge on any atom is -0.455 e. The number of furan rings is 1. The standard InChI is InChI=1S/C21H14N4O6S/c1-12-8-14(24(27)28)2-5-17(12)18-6-4-16(31-18)11-22-23-21(26)20-10-13-9-15(25(29)30)3-7-19(13)32-20/h2-11H,1H3,(H,23,26). The first-order valence-corrected chi connectivity index (χ1v) is 10.00. The van der Waals surface area contributed by atoms with Crippen LogP contribution >= 0.6 is 11.3 Å². The highest BCUT2D eigenvalue weighted by Gasteiger charge is 2.14. The summed E-state index contributed by atoms with van der Waals surface area (Å²) in [5.74, 6) is 0.435. The van der Waals surface area contributed by atoms with Crippen molar-refractivity contribution in [2.75, 3.05) is 0 Å². The second-order valence-corrected chi connectivity index (χ2v) is 7.83. The topological polar surface area (TPSA) is 141 Å². The molecular weight excluding hydrogens is 436 g/mol. The van der Waals surface area contributed by atoms with Crippen molar-refractivity contribution in [3.63, 3.8) is 0 Å². The molecule has 0 spiro atoms. The monoisotopic (exact) mass is 450 g/mol. The quantitative estimate of drug-likeness (QED) is 0.247. The van der Waals surface area contributed by atoms with Gasteiger partial charge in [-0.05, 0) is 42.8 Å². The normalized spacial score (nSPS) is 11.2. The number of carbonyl (C=O) groups excluding carboxylic acids is 1. The van der Waals surface area contributed by atoms with Gasteiger partial charge in [-0.2, -0.15) is 5.10 Å². The molecule has 0 saturated carbocycles. The van der Waals surface area contributed by atoms with E-state index in [-0.39, 0.29) is 11.4 Å². The van der Waals surface area contributed by atoms with Gasteiger partial charge in [0, 0.05) is 39.9 Å². The summed E-state index contributed by atoms with van der Waals surface area (Å²) in [6.07, 6.45) is 1.33. The second kappa shape index (κ2) is 8.40. The van der Waals surface area contributed by atoms with Crippen LogP contribution in [-0.4, -0.2) is 22.0 Å². The fourth-order valence-corrected chi connectivity index (χ4v) is 4.00. The third-order valence-corrected chi connectivity index (χ3v) is 5.72. The van der Waals surface area contributed by atoms with Crippen molar-refractivity contribution in [2.24, 2.45) is 5.10 Å². The van der Waals surface area contributed by atoms with Crippen molar-refractivity contribution < 1.29 is 19.1 Å². The van der Waals surface area contributed by atoms with E-state index in [1.807, 2.05) is 0 Å². The second-order valence-electron chi connectivity index (χ2n) is 6.75. The van der Waals surface area contributed by atoms with E-state index in [9.17, 15) is 25.0 Å². The molecule has 1 N–H and O–H groups in total. The Bertz CT molecular complexity index is 1400. The zero-order chi connectivity index (χ0) is 22.8. The number of benzene rings is 2. The average molecular weight is 450 g/mol. The van der Waals surface area contributed by atoms with Crippen molar-refractivity contribution in [1.29, 1.82) is 0 Å². The molecule has 0 aliphatic heterocycles. The van der Waals surface area contributed by atoms with E-state index in [1.165, 1.54) is 41.8 Å². The van der Waals surface area contributed by atoms with Crippen LogP contribution in [0.15, 0.2) is 64.1 Å². The molecule has 0 unspecified atom stereocenters. The van der Waals surface area contributed by atoms with Crippen molar-refractivity contribution >= 4 is 44.9 Å². The molecule has 0 bridgehead atoms. The lowest BCUT2D eigenvalue weighted by atomic mass is 10.1. The number of aryl methyl sites for hydroxylation is 1. The van der Waals surface area contributed by atoms with Gasteiger partial charge in [-0.25, -0.2) is 5.43 Å². The summed E-state index contributed by atoms with van der Waals surface area (Å²) in [6, 6.07) is 13.8. The SMILES string of the molecule is Cc1cc([N+](=O)[O-])ccc1-c1ccc(C=NNC(=O)c2cc3cc([N+](=O)[O-])ccc3s2)o1. The number of hydrazone groups is 1.